The van der Waals surface area contributed by atoms with E-state index in [0.717, 1.165) is 12.8 Å². The number of thiophene rings is 1. The van der Waals surface area contributed by atoms with Gasteiger partial charge in [0.1, 0.15) is 0 Å². The predicted octanol–water partition coefficient (Wildman–Crippen LogP) is 13.8. The summed E-state index contributed by atoms with van der Waals surface area (Å²) >= 11 is 1.94. The summed E-state index contributed by atoms with van der Waals surface area (Å²) < 4.78 is 3.84. The molecule has 11 rings (SSSR count). The average molecular weight is 654 g/mol. The van der Waals surface area contributed by atoms with E-state index in [2.05, 4.69) is 168 Å². The molecule has 0 radical (unpaired) electrons. The first-order chi connectivity index (χ1) is 24.8. The molecule has 1 aliphatic carbocycles. The van der Waals surface area contributed by atoms with Crippen molar-refractivity contribution in [2.24, 2.45) is 0 Å². The van der Waals surface area contributed by atoms with Gasteiger partial charge in [0.05, 0.1) is 11.0 Å². The van der Waals surface area contributed by atoms with Crippen LogP contribution < -0.4 is 0 Å². The zero-order valence-electron chi connectivity index (χ0n) is 27.4. The summed E-state index contributed by atoms with van der Waals surface area (Å²) in [6.07, 6.45) is 6.90. The number of rotatable bonds is 3. The molecule has 1 nitrogen and oxygen atoms in total. The molecule has 2 heteroatoms. The van der Waals surface area contributed by atoms with Crippen LogP contribution in [0.25, 0.3) is 98.2 Å². The summed E-state index contributed by atoms with van der Waals surface area (Å²) in [4.78, 5) is 1.42. The van der Waals surface area contributed by atoms with Crippen LogP contribution in [-0.2, 0) is 6.42 Å². The summed E-state index contributed by atoms with van der Waals surface area (Å²) in [5.74, 6) is 0. The lowest BCUT2D eigenvalue weighted by atomic mass is 9.92. The van der Waals surface area contributed by atoms with Crippen LogP contribution in [0.1, 0.15) is 16.9 Å². The van der Waals surface area contributed by atoms with Crippen molar-refractivity contribution in [3.05, 3.63) is 168 Å². The highest BCUT2D eigenvalue weighted by Crippen LogP contribution is 2.43. The van der Waals surface area contributed by atoms with Crippen LogP contribution in [0.3, 0.4) is 0 Å². The van der Waals surface area contributed by atoms with Gasteiger partial charge in [-0.1, -0.05) is 121 Å². The van der Waals surface area contributed by atoms with E-state index in [-0.39, 0.29) is 0 Å². The maximum absolute atomic E-state index is 2.44. The van der Waals surface area contributed by atoms with Gasteiger partial charge in [0.15, 0.2) is 0 Å². The van der Waals surface area contributed by atoms with Crippen LogP contribution in [0.5, 0.6) is 0 Å². The van der Waals surface area contributed by atoms with Gasteiger partial charge in [0, 0.05) is 26.0 Å². The maximum Gasteiger partial charge on any atom is 0.0541 e. The summed E-state index contributed by atoms with van der Waals surface area (Å²) in [7, 11) is 0. The van der Waals surface area contributed by atoms with Crippen LogP contribution in [-0.4, -0.2) is 4.57 Å². The number of nitrogens with zero attached hydrogens (tertiary/aromatic N) is 1. The highest BCUT2D eigenvalue weighted by Gasteiger charge is 2.18. The number of aryl methyl sites for hydroxylation is 1. The summed E-state index contributed by atoms with van der Waals surface area (Å²) in [5, 5.41) is 11.8. The van der Waals surface area contributed by atoms with Crippen molar-refractivity contribution < 1.29 is 0 Å². The van der Waals surface area contributed by atoms with Crippen molar-refractivity contribution in [3.63, 3.8) is 0 Å². The molecule has 2 aromatic heterocycles. The highest BCUT2D eigenvalue weighted by atomic mass is 32.1. The van der Waals surface area contributed by atoms with Crippen LogP contribution in [0, 0.1) is 0 Å². The third-order valence-electron chi connectivity index (χ3n) is 10.8. The third-order valence-corrected chi connectivity index (χ3v) is 12.1. The van der Waals surface area contributed by atoms with E-state index in [4.69, 9.17) is 0 Å². The molecule has 0 bridgehead atoms. The van der Waals surface area contributed by atoms with Gasteiger partial charge in [-0.3, -0.25) is 0 Å². The average Bonchev–Trinajstić information content (AvgIpc) is 3.73. The number of fused-ring (bicyclic) bond motifs is 12. The first-order valence-corrected chi connectivity index (χ1v) is 18.3. The molecular weight excluding hydrogens is 623 g/mol. The van der Waals surface area contributed by atoms with E-state index in [1.165, 1.54) is 103 Å². The molecule has 2 heterocycles. The molecule has 234 valence electrons. The van der Waals surface area contributed by atoms with E-state index >= 15 is 0 Å². The van der Waals surface area contributed by atoms with Crippen molar-refractivity contribution in [2.45, 2.75) is 12.8 Å². The monoisotopic (exact) mass is 653 g/mol. The zero-order chi connectivity index (χ0) is 32.8. The summed E-state index contributed by atoms with van der Waals surface area (Å²) in [6, 6.07) is 56.4. The lowest BCUT2D eigenvalue weighted by Gasteiger charge is -2.13. The maximum atomic E-state index is 2.44. The SMILES string of the molecule is C1=Cc2sc3c(-c4ccc5c(c4)c4ccccc4n5-c4cccc(-c5ccc6c7ccccc7c7ccccc7c6c5)c4)cccc3c2CC1. The molecule has 8 aromatic carbocycles. The minimum Gasteiger partial charge on any atom is -0.309 e. The lowest BCUT2D eigenvalue weighted by Crippen LogP contribution is -1.94. The Kier molecular flexibility index (Phi) is 6.02. The summed E-state index contributed by atoms with van der Waals surface area (Å²) in [5.41, 5.74) is 10.2. The second-order valence-corrected chi connectivity index (χ2v) is 14.6. The molecule has 0 saturated heterocycles. The molecular formula is C48H31NS. The smallest absolute Gasteiger partial charge is 0.0541 e. The van der Waals surface area contributed by atoms with E-state index < -0.39 is 0 Å². The van der Waals surface area contributed by atoms with Gasteiger partial charge in [0.2, 0.25) is 0 Å². The van der Waals surface area contributed by atoms with E-state index in [1.54, 1.807) is 0 Å². The second-order valence-electron chi connectivity index (χ2n) is 13.6. The number of aromatic nitrogens is 1. The molecule has 0 fully saturated rings. The zero-order valence-corrected chi connectivity index (χ0v) is 28.2. The normalized spacial score (nSPS) is 13.0. The first kappa shape index (κ1) is 27.9. The van der Waals surface area contributed by atoms with Gasteiger partial charge in [-0.2, -0.15) is 0 Å². The van der Waals surface area contributed by atoms with Crippen LogP contribution >= 0.6 is 11.3 Å². The van der Waals surface area contributed by atoms with Crippen molar-refractivity contribution >= 4 is 81.6 Å². The number of benzene rings is 8. The van der Waals surface area contributed by atoms with Gasteiger partial charge in [-0.25, -0.2) is 0 Å². The van der Waals surface area contributed by atoms with Crippen molar-refractivity contribution in [1.82, 2.24) is 4.57 Å². The standard InChI is InChI=1S/C48H31NS/c1-2-15-37-35(13-1)36-14-3-4-16-38(36)43-28-31(23-25-39(37)43)30-11-9-12-33(27-30)49-45-21-7-5-17-40(45)44-29-32(24-26-46(44)49)34-19-10-20-42-41-18-6-8-22-47(41)50-48(34)42/h1-5,7-17,19-29H,6,18H2. The van der Waals surface area contributed by atoms with Gasteiger partial charge in [-0.05, 0) is 121 Å². The van der Waals surface area contributed by atoms with Gasteiger partial charge < -0.3 is 4.57 Å². The minimum absolute atomic E-state index is 1.13. The Hall–Kier alpha value is -5.96. The highest BCUT2D eigenvalue weighted by molar-refractivity contribution is 7.20. The molecule has 50 heavy (non-hydrogen) atoms. The number of para-hydroxylation sites is 1. The van der Waals surface area contributed by atoms with Gasteiger partial charge in [-0.15, -0.1) is 11.3 Å². The van der Waals surface area contributed by atoms with Crippen molar-refractivity contribution in [1.29, 1.82) is 0 Å². The number of hydrogen-bond acceptors (Lipinski definition) is 1. The van der Waals surface area contributed by atoms with E-state index in [9.17, 15) is 0 Å². The van der Waals surface area contributed by atoms with Crippen LogP contribution in [0.2, 0.25) is 0 Å². The molecule has 0 amide bonds. The molecule has 0 spiro atoms. The van der Waals surface area contributed by atoms with Crippen LogP contribution in [0.4, 0.5) is 0 Å². The molecule has 0 aliphatic heterocycles. The van der Waals surface area contributed by atoms with E-state index in [1.807, 2.05) is 11.3 Å². The molecule has 0 unspecified atom stereocenters. The van der Waals surface area contributed by atoms with Crippen LogP contribution in [0.15, 0.2) is 158 Å². The largest absolute Gasteiger partial charge is 0.309 e. The van der Waals surface area contributed by atoms with Gasteiger partial charge >= 0.3 is 0 Å². The Morgan fingerprint density at radius 2 is 1.06 bits per heavy atom. The van der Waals surface area contributed by atoms with Crippen molar-refractivity contribution in [2.75, 3.05) is 0 Å². The predicted molar refractivity (Wildman–Crippen MR) is 217 cm³/mol. The Labute approximate surface area is 294 Å². The van der Waals surface area contributed by atoms with E-state index in [0.29, 0.717) is 0 Å². The molecule has 0 saturated carbocycles. The molecule has 0 N–H and O–H groups in total. The Bertz CT molecular complexity index is 3010. The number of hydrogen-bond donors (Lipinski definition) is 0. The summed E-state index contributed by atoms with van der Waals surface area (Å²) in [6.45, 7) is 0. The Morgan fingerprint density at radius 1 is 0.440 bits per heavy atom. The quantitative estimate of drug-likeness (QED) is 0.167. The Morgan fingerprint density at radius 3 is 1.88 bits per heavy atom. The topological polar surface area (TPSA) is 4.93 Å². The molecule has 10 aromatic rings. The first-order valence-electron chi connectivity index (χ1n) is 17.5. The number of allylic oxidation sites excluding steroid dienone is 1. The second kappa shape index (κ2) is 10.8. The molecule has 0 atom stereocenters. The molecule has 1 aliphatic rings. The lowest BCUT2D eigenvalue weighted by molar-refractivity contribution is 1.01. The minimum atomic E-state index is 1.13. The fourth-order valence-corrected chi connectivity index (χ4v) is 9.87. The van der Waals surface area contributed by atoms with Gasteiger partial charge in [0.25, 0.3) is 0 Å². The Balaban J connectivity index is 1.08. The fourth-order valence-electron chi connectivity index (χ4n) is 8.56. The third kappa shape index (κ3) is 4.06. The van der Waals surface area contributed by atoms with Crippen molar-refractivity contribution in [3.8, 4) is 27.9 Å². The fraction of sp³-hybridized carbons (Fsp3) is 0.0417.